The maximum Gasteiger partial charge on any atom is 0.358 e. The molecule has 0 aliphatic heterocycles. The van der Waals surface area contributed by atoms with Crippen LogP contribution in [0.2, 0.25) is 0 Å². The zero-order valence-electron chi connectivity index (χ0n) is 6.21. The van der Waals surface area contributed by atoms with E-state index in [0.29, 0.717) is 0 Å². The molecule has 0 amide bonds. The largest absolute Gasteiger partial charge is 0.503 e. The molecule has 1 aromatic rings. The zero-order chi connectivity index (χ0) is 9.30. The van der Waals surface area contributed by atoms with Gasteiger partial charge in [-0.3, -0.25) is 0 Å². The molecule has 0 radical (unpaired) electrons. The number of nitrogens with zero attached hydrogens (tertiary/aromatic N) is 1. The van der Waals surface area contributed by atoms with Crippen molar-refractivity contribution in [3.8, 4) is 5.75 Å². The van der Waals surface area contributed by atoms with Crippen LogP contribution < -0.4 is 0 Å². The van der Waals surface area contributed by atoms with Crippen molar-refractivity contribution in [3.05, 3.63) is 23.3 Å². The molecule has 2 N–H and O–H groups in total. The molecule has 0 atom stereocenters. The minimum Gasteiger partial charge on any atom is -0.503 e. The summed E-state index contributed by atoms with van der Waals surface area (Å²) in [6.45, 7) is 1.44. The first kappa shape index (κ1) is 8.45. The minimum atomic E-state index is -1.45. The summed E-state index contributed by atoms with van der Waals surface area (Å²) in [5, 5.41) is 17.3. The molecule has 1 rings (SSSR count). The van der Waals surface area contributed by atoms with Gasteiger partial charge >= 0.3 is 5.97 Å². The number of pyridine rings is 1. The monoisotopic (exact) mass is 171 g/mol. The number of hydrogen-bond donors (Lipinski definition) is 2. The van der Waals surface area contributed by atoms with Gasteiger partial charge < -0.3 is 10.2 Å². The maximum atomic E-state index is 12.6. The third-order valence-corrected chi connectivity index (χ3v) is 1.28. The van der Waals surface area contributed by atoms with Crippen molar-refractivity contribution >= 4 is 5.97 Å². The van der Waals surface area contributed by atoms with Crippen LogP contribution in [0.4, 0.5) is 4.39 Å². The molecule has 12 heavy (non-hydrogen) atoms. The van der Waals surface area contributed by atoms with Crippen LogP contribution in [-0.2, 0) is 0 Å². The molecule has 0 bridgehead atoms. The van der Waals surface area contributed by atoms with Crippen LogP contribution in [0, 0.1) is 12.7 Å². The van der Waals surface area contributed by atoms with Crippen LogP contribution in [0.1, 0.15) is 16.2 Å². The molecule has 4 nitrogen and oxygen atoms in total. The summed E-state index contributed by atoms with van der Waals surface area (Å²) in [5.74, 6) is -3.34. The molecule has 0 saturated heterocycles. The number of aryl methyl sites for hydroxylation is 1. The number of carboxylic acid groups (broad SMARTS) is 1. The number of aromatic carboxylic acids is 1. The van der Waals surface area contributed by atoms with Gasteiger partial charge in [0.15, 0.2) is 17.3 Å². The van der Waals surface area contributed by atoms with E-state index in [0.717, 1.165) is 6.07 Å². The van der Waals surface area contributed by atoms with Crippen molar-refractivity contribution in [1.29, 1.82) is 0 Å². The zero-order valence-corrected chi connectivity index (χ0v) is 6.21. The van der Waals surface area contributed by atoms with Gasteiger partial charge in [0.25, 0.3) is 0 Å². The van der Waals surface area contributed by atoms with E-state index in [1.807, 2.05) is 0 Å². The van der Waals surface area contributed by atoms with Gasteiger partial charge in [-0.05, 0) is 13.0 Å². The van der Waals surface area contributed by atoms with Crippen LogP contribution >= 0.6 is 0 Å². The number of aromatic hydroxyl groups is 1. The highest BCUT2D eigenvalue weighted by Gasteiger charge is 2.15. The Bertz CT molecular complexity index is 338. The summed E-state index contributed by atoms with van der Waals surface area (Å²) in [6.07, 6.45) is 0. The number of halogens is 1. The van der Waals surface area contributed by atoms with Gasteiger partial charge in [0.1, 0.15) is 0 Å². The molecule has 0 spiro atoms. The fourth-order valence-electron chi connectivity index (χ4n) is 0.776. The van der Waals surface area contributed by atoms with Crippen LogP contribution in [-0.4, -0.2) is 21.2 Å². The van der Waals surface area contributed by atoms with E-state index >= 15 is 0 Å². The van der Waals surface area contributed by atoms with Gasteiger partial charge in [0.05, 0.1) is 0 Å². The second-order valence-electron chi connectivity index (χ2n) is 2.25. The Kier molecular flexibility index (Phi) is 1.95. The molecule has 0 saturated carbocycles. The summed E-state index contributed by atoms with van der Waals surface area (Å²) in [5.41, 5.74) is -0.449. The Morgan fingerprint density at radius 2 is 2.25 bits per heavy atom. The van der Waals surface area contributed by atoms with E-state index in [4.69, 9.17) is 10.2 Å². The number of aromatic nitrogens is 1. The first-order valence-electron chi connectivity index (χ1n) is 3.11. The van der Waals surface area contributed by atoms with Crippen molar-refractivity contribution in [2.45, 2.75) is 6.92 Å². The highest BCUT2D eigenvalue weighted by atomic mass is 19.1. The third-order valence-electron chi connectivity index (χ3n) is 1.28. The summed E-state index contributed by atoms with van der Waals surface area (Å²) in [7, 11) is 0. The van der Waals surface area contributed by atoms with Gasteiger partial charge in [0.2, 0.25) is 0 Å². The molecule has 1 aromatic heterocycles. The third kappa shape index (κ3) is 1.34. The molecule has 64 valence electrons. The van der Waals surface area contributed by atoms with Crippen molar-refractivity contribution in [2.75, 3.05) is 0 Å². The Hall–Kier alpha value is -1.65. The summed E-state index contributed by atoms with van der Waals surface area (Å²) < 4.78 is 12.6. The van der Waals surface area contributed by atoms with E-state index in [9.17, 15) is 9.18 Å². The van der Waals surface area contributed by atoms with E-state index < -0.39 is 23.2 Å². The normalized spacial score (nSPS) is 9.83. The second kappa shape index (κ2) is 2.77. The summed E-state index contributed by atoms with van der Waals surface area (Å²) in [6, 6.07) is 0.960. The molecule has 0 aliphatic carbocycles. The number of rotatable bonds is 1. The Balaban J connectivity index is 3.37. The van der Waals surface area contributed by atoms with Gasteiger partial charge in [-0.2, -0.15) is 0 Å². The van der Waals surface area contributed by atoms with Crippen molar-refractivity contribution < 1.29 is 19.4 Å². The quantitative estimate of drug-likeness (QED) is 0.659. The van der Waals surface area contributed by atoms with Gasteiger partial charge in [-0.1, -0.05) is 0 Å². The highest BCUT2D eigenvalue weighted by molar-refractivity contribution is 5.88. The van der Waals surface area contributed by atoms with Crippen LogP contribution in [0.25, 0.3) is 0 Å². The maximum absolute atomic E-state index is 12.6. The average Bonchev–Trinajstić information content (AvgIpc) is 1.96. The fraction of sp³-hybridized carbons (Fsp3) is 0.143. The average molecular weight is 171 g/mol. The predicted molar refractivity (Wildman–Crippen MR) is 37.6 cm³/mol. The lowest BCUT2D eigenvalue weighted by Gasteiger charge is -2.00. The fourth-order valence-corrected chi connectivity index (χ4v) is 0.776. The van der Waals surface area contributed by atoms with Crippen molar-refractivity contribution in [2.24, 2.45) is 0 Å². The van der Waals surface area contributed by atoms with Crippen molar-refractivity contribution in [3.63, 3.8) is 0 Å². The van der Waals surface area contributed by atoms with Crippen LogP contribution in [0.3, 0.4) is 0 Å². The first-order valence-corrected chi connectivity index (χ1v) is 3.11. The molecule has 0 unspecified atom stereocenters. The van der Waals surface area contributed by atoms with E-state index in [-0.39, 0.29) is 5.69 Å². The SMILES string of the molecule is Cc1cc(F)c(O)c(C(=O)O)n1. The molecule has 0 fully saturated rings. The molecular weight excluding hydrogens is 165 g/mol. The lowest BCUT2D eigenvalue weighted by Crippen LogP contribution is -2.03. The molecule has 1 heterocycles. The second-order valence-corrected chi connectivity index (χ2v) is 2.25. The van der Waals surface area contributed by atoms with E-state index in [2.05, 4.69) is 4.98 Å². The Morgan fingerprint density at radius 1 is 1.67 bits per heavy atom. The summed E-state index contributed by atoms with van der Waals surface area (Å²) in [4.78, 5) is 13.8. The Morgan fingerprint density at radius 3 is 2.75 bits per heavy atom. The molecule has 0 aromatic carbocycles. The predicted octanol–water partition coefficient (Wildman–Crippen LogP) is 0.933. The lowest BCUT2D eigenvalue weighted by molar-refractivity contribution is 0.0685. The summed E-state index contributed by atoms with van der Waals surface area (Å²) >= 11 is 0. The Labute approximate surface area is 67.3 Å². The lowest BCUT2D eigenvalue weighted by atomic mass is 10.3. The van der Waals surface area contributed by atoms with E-state index in [1.165, 1.54) is 6.92 Å². The van der Waals surface area contributed by atoms with E-state index in [1.54, 1.807) is 0 Å². The first-order chi connectivity index (χ1) is 5.52. The standard InChI is InChI=1S/C7H6FNO3/c1-3-2-4(8)6(10)5(9-3)7(11)12/h2,10H,1H3,(H,11,12). The topological polar surface area (TPSA) is 70.4 Å². The minimum absolute atomic E-state index is 0.211. The van der Waals surface area contributed by atoms with Crippen LogP contribution in [0.15, 0.2) is 6.07 Å². The van der Waals surface area contributed by atoms with Crippen molar-refractivity contribution in [1.82, 2.24) is 4.98 Å². The molecular formula is C7H6FNO3. The molecule has 0 aliphatic rings. The molecule has 5 heteroatoms. The highest BCUT2D eigenvalue weighted by Crippen LogP contribution is 2.19. The number of carboxylic acids is 1. The van der Waals surface area contributed by atoms with Crippen LogP contribution in [0.5, 0.6) is 5.75 Å². The number of hydrogen-bond acceptors (Lipinski definition) is 3. The smallest absolute Gasteiger partial charge is 0.358 e. The van der Waals surface area contributed by atoms with Gasteiger partial charge in [-0.25, -0.2) is 14.2 Å². The van der Waals surface area contributed by atoms with Gasteiger partial charge in [0, 0.05) is 5.69 Å². The van der Waals surface area contributed by atoms with Gasteiger partial charge in [-0.15, -0.1) is 0 Å². The number of carbonyl (C=O) groups is 1.